The SMILES string of the molecule is CN(C)C(CNc1cc(N2CCCCC2)ncn1)c1cnn(C)c1. The second-order valence-electron chi connectivity index (χ2n) is 6.62. The van der Waals surface area contributed by atoms with E-state index in [2.05, 4.69) is 56.5 Å². The van der Waals surface area contributed by atoms with Gasteiger partial charge in [-0.05, 0) is 33.4 Å². The zero-order valence-corrected chi connectivity index (χ0v) is 14.8. The van der Waals surface area contributed by atoms with Crippen molar-refractivity contribution < 1.29 is 0 Å². The third kappa shape index (κ3) is 4.03. The summed E-state index contributed by atoms with van der Waals surface area (Å²) >= 11 is 0. The predicted molar refractivity (Wildman–Crippen MR) is 96.2 cm³/mol. The van der Waals surface area contributed by atoms with Crippen molar-refractivity contribution in [3.05, 3.63) is 30.4 Å². The molecule has 0 bridgehead atoms. The van der Waals surface area contributed by atoms with Gasteiger partial charge in [-0.2, -0.15) is 5.10 Å². The molecule has 2 aromatic heterocycles. The number of hydrogen-bond acceptors (Lipinski definition) is 6. The van der Waals surface area contributed by atoms with Gasteiger partial charge in [0.15, 0.2) is 0 Å². The lowest BCUT2D eigenvalue weighted by atomic mass is 10.1. The van der Waals surface area contributed by atoms with Crippen LogP contribution in [0.3, 0.4) is 0 Å². The minimum atomic E-state index is 0.243. The quantitative estimate of drug-likeness (QED) is 0.873. The molecule has 0 radical (unpaired) electrons. The van der Waals surface area contributed by atoms with E-state index in [4.69, 9.17) is 0 Å². The van der Waals surface area contributed by atoms with Gasteiger partial charge in [-0.1, -0.05) is 0 Å². The van der Waals surface area contributed by atoms with Gasteiger partial charge in [-0.25, -0.2) is 9.97 Å². The van der Waals surface area contributed by atoms with E-state index >= 15 is 0 Å². The number of aryl methyl sites for hydroxylation is 1. The first kappa shape index (κ1) is 16.7. The van der Waals surface area contributed by atoms with Crippen LogP contribution in [0.1, 0.15) is 30.9 Å². The van der Waals surface area contributed by atoms with Gasteiger partial charge in [0.2, 0.25) is 0 Å². The van der Waals surface area contributed by atoms with Gasteiger partial charge in [-0.15, -0.1) is 0 Å². The maximum absolute atomic E-state index is 4.44. The van der Waals surface area contributed by atoms with Crippen molar-refractivity contribution in [3.63, 3.8) is 0 Å². The van der Waals surface area contributed by atoms with Gasteiger partial charge in [-0.3, -0.25) is 4.68 Å². The van der Waals surface area contributed by atoms with Crippen molar-refractivity contribution >= 4 is 11.6 Å². The zero-order valence-electron chi connectivity index (χ0n) is 14.8. The maximum Gasteiger partial charge on any atom is 0.134 e. The van der Waals surface area contributed by atoms with Crippen LogP contribution >= 0.6 is 0 Å². The van der Waals surface area contributed by atoms with E-state index in [-0.39, 0.29) is 6.04 Å². The topological polar surface area (TPSA) is 62.1 Å². The van der Waals surface area contributed by atoms with Crippen LogP contribution in [-0.2, 0) is 7.05 Å². The smallest absolute Gasteiger partial charge is 0.134 e. The van der Waals surface area contributed by atoms with Crippen LogP contribution in [0.5, 0.6) is 0 Å². The fraction of sp³-hybridized carbons (Fsp3) is 0.588. The molecule has 3 rings (SSSR count). The Balaban J connectivity index is 1.66. The van der Waals surface area contributed by atoms with E-state index in [1.54, 1.807) is 6.33 Å². The monoisotopic (exact) mass is 329 g/mol. The van der Waals surface area contributed by atoms with E-state index in [0.29, 0.717) is 0 Å². The number of hydrogen-bond donors (Lipinski definition) is 1. The van der Waals surface area contributed by atoms with Gasteiger partial charge in [0.05, 0.1) is 12.2 Å². The van der Waals surface area contributed by atoms with Gasteiger partial charge < -0.3 is 15.1 Å². The molecule has 0 saturated carbocycles. The lowest BCUT2D eigenvalue weighted by molar-refractivity contribution is 0.311. The minimum absolute atomic E-state index is 0.243. The van der Waals surface area contributed by atoms with E-state index in [0.717, 1.165) is 31.3 Å². The fourth-order valence-corrected chi connectivity index (χ4v) is 3.15. The number of nitrogens with zero attached hydrogens (tertiary/aromatic N) is 6. The number of rotatable bonds is 6. The first-order valence-electron chi connectivity index (χ1n) is 8.59. The van der Waals surface area contributed by atoms with E-state index in [1.807, 2.05) is 17.9 Å². The molecule has 1 saturated heterocycles. The van der Waals surface area contributed by atoms with Crippen molar-refractivity contribution in [3.8, 4) is 0 Å². The van der Waals surface area contributed by atoms with Crippen LogP contribution in [-0.4, -0.2) is 58.4 Å². The molecule has 130 valence electrons. The van der Waals surface area contributed by atoms with Gasteiger partial charge in [0.1, 0.15) is 18.0 Å². The number of anilines is 2. The summed E-state index contributed by atoms with van der Waals surface area (Å²) in [6.45, 7) is 2.95. The fourth-order valence-electron chi connectivity index (χ4n) is 3.15. The highest BCUT2D eigenvalue weighted by molar-refractivity contribution is 5.48. The molecule has 1 aliphatic rings. The first-order valence-corrected chi connectivity index (χ1v) is 8.59. The Kier molecular flexibility index (Phi) is 5.30. The highest BCUT2D eigenvalue weighted by Gasteiger charge is 2.17. The maximum atomic E-state index is 4.44. The van der Waals surface area contributed by atoms with Gasteiger partial charge in [0, 0.05) is 44.5 Å². The number of piperidine rings is 1. The molecule has 24 heavy (non-hydrogen) atoms. The summed E-state index contributed by atoms with van der Waals surface area (Å²) in [5.41, 5.74) is 1.19. The van der Waals surface area contributed by atoms with Crippen molar-refractivity contribution in [1.29, 1.82) is 0 Å². The Hall–Kier alpha value is -2.15. The largest absolute Gasteiger partial charge is 0.368 e. The highest BCUT2D eigenvalue weighted by atomic mass is 15.2. The third-order valence-corrected chi connectivity index (χ3v) is 4.54. The lowest BCUT2D eigenvalue weighted by Crippen LogP contribution is -2.30. The van der Waals surface area contributed by atoms with Crippen LogP contribution < -0.4 is 10.2 Å². The van der Waals surface area contributed by atoms with Crippen molar-refractivity contribution in [2.45, 2.75) is 25.3 Å². The Morgan fingerprint density at radius 2 is 2.00 bits per heavy atom. The first-order chi connectivity index (χ1) is 11.6. The second-order valence-corrected chi connectivity index (χ2v) is 6.62. The summed E-state index contributed by atoms with van der Waals surface area (Å²) in [6.07, 6.45) is 9.45. The molecule has 3 heterocycles. The molecule has 1 unspecified atom stereocenters. The molecule has 2 aromatic rings. The molecule has 0 amide bonds. The summed E-state index contributed by atoms with van der Waals surface area (Å²) in [6, 6.07) is 2.30. The Bertz CT molecular complexity index is 646. The number of likely N-dealkylation sites (N-methyl/N-ethyl adjacent to an activating group) is 1. The summed E-state index contributed by atoms with van der Waals surface area (Å²) < 4.78 is 1.84. The van der Waals surface area contributed by atoms with E-state index in [1.165, 1.54) is 24.8 Å². The molecule has 0 spiro atoms. The zero-order chi connectivity index (χ0) is 16.9. The van der Waals surface area contributed by atoms with Crippen LogP contribution in [0, 0.1) is 0 Å². The molecule has 0 aromatic carbocycles. The Morgan fingerprint density at radius 3 is 2.67 bits per heavy atom. The van der Waals surface area contributed by atoms with Crippen LogP contribution in [0.4, 0.5) is 11.6 Å². The molecule has 1 fully saturated rings. The van der Waals surface area contributed by atoms with Crippen LogP contribution in [0.15, 0.2) is 24.8 Å². The third-order valence-electron chi connectivity index (χ3n) is 4.54. The number of nitrogens with one attached hydrogen (secondary N) is 1. The van der Waals surface area contributed by atoms with Gasteiger partial charge >= 0.3 is 0 Å². The minimum Gasteiger partial charge on any atom is -0.368 e. The summed E-state index contributed by atoms with van der Waals surface area (Å²) in [5, 5.41) is 7.74. The second kappa shape index (κ2) is 7.61. The van der Waals surface area contributed by atoms with Crippen molar-refractivity contribution in [2.24, 2.45) is 7.05 Å². The van der Waals surface area contributed by atoms with Crippen LogP contribution in [0.2, 0.25) is 0 Å². The molecule has 7 nitrogen and oxygen atoms in total. The highest BCUT2D eigenvalue weighted by Crippen LogP contribution is 2.21. The molecule has 7 heteroatoms. The lowest BCUT2D eigenvalue weighted by Gasteiger charge is -2.28. The van der Waals surface area contributed by atoms with E-state index in [9.17, 15) is 0 Å². The Morgan fingerprint density at radius 1 is 1.21 bits per heavy atom. The molecule has 0 aliphatic carbocycles. The molecule has 1 N–H and O–H groups in total. The number of aromatic nitrogens is 4. The van der Waals surface area contributed by atoms with Crippen molar-refractivity contribution in [2.75, 3.05) is 43.9 Å². The molecular formula is C17H27N7. The summed E-state index contributed by atoms with van der Waals surface area (Å²) in [4.78, 5) is 13.4. The van der Waals surface area contributed by atoms with Gasteiger partial charge in [0.25, 0.3) is 0 Å². The van der Waals surface area contributed by atoms with Crippen LogP contribution in [0.25, 0.3) is 0 Å². The van der Waals surface area contributed by atoms with Crippen molar-refractivity contribution in [1.82, 2.24) is 24.6 Å². The molecule has 1 aliphatic heterocycles. The van der Waals surface area contributed by atoms with E-state index < -0.39 is 0 Å². The predicted octanol–water partition coefficient (Wildman–Crippen LogP) is 1.92. The standard InChI is InChI=1S/C17H27N7/c1-22(2)15(14-10-21-23(3)12-14)11-18-16-9-17(20-13-19-16)24-7-5-4-6-8-24/h9-10,12-13,15H,4-8,11H2,1-3H3,(H,18,19,20). The average molecular weight is 329 g/mol. The molecular weight excluding hydrogens is 302 g/mol. The normalized spacial score (nSPS) is 16.4. The summed E-state index contributed by atoms with van der Waals surface area (Å²) in [5.74, 6) is 1.90. The molecule has 1 atom stereocenters. The summed E-state index contributed by atoms with van der Waals surface area (Å²) in [7, 11) is 6.11. The Labute approximate surface area is 143 Å². The average Bonchev–Trinajstić information content (AvgIpc) is 3.02.